The molecule has 0 spiro atoms. The van der Waals surface area contributed by atoms with Gasteiger partial charge in [-0.1, -0.05) is 6.92 Å². The number of rotatable bonds is 3. The van der Waals surface area contributed by atoms with E-state index in [0.717, 1.165) is 38.4 Å². The molecule has 21 heavy (non-hydrogen) atoms. The van der Waals surface area contributed by atoms with Crippen LogP contribution in [0, 0.1) is 11.8 Å². The summed E-state index contributed by atoms with van der Waals surface area (Å²) in [5, 5.41) is 3.35. The SMILES string of the molecule is CC1CCN(CC2CCCN(C(=O)C3CCCN3)C2)CC1. The Balaban J connectivity index is 1.47. The molecule has 3 heterocycles. The van der Waals surface area contributed by atoms with Crippen LogP contribution in [-0.4, -0.2) is 61.0 Å². The van der Waals surface area contributed by atoms with Crippen molar-refractivity contribution >= 4 is 5.91 Å². The van der Waals surface area contributed by atoms with Crippen LogP contribution in [0.5, 0.6) is 0 Å². The van der Waals surface area contributed by atoms with Gasteiger partial charge in [-0.2, -0.15) is 0 Å². The van der Waals surface area contributed by atoms with Gasteiger partial charge in [-0.25, -0.2) is 0 Å². The van der Waals surface area contributed by atoms with E-state index in [1.165, 1.54) is 45.3 Å². The molecule has 3 saturated heterocycles. The molecule has 4 nitrogen and oxygen atoms in total. The highest BCUT2D eigenvalue weighted by Crippen LogP contribution is 2.23. The van der Waals surface area contributed by atoms with Crippen molar-refractivity contribution in [1.82, 2.24) is 15.1 Å². The van der Waals surface area contributed by atoms with Gasteiger partial charge in [-0.05, 0) is 70.0 Å². The first-order valence-corrected chi connectivity index (χ1v) is 8.97. The van der Waals surface area contributed by atoms with Gasteiger partial charge in [0.15, 0.2) is 0 Å². The molecule has 2 unspecified atom stereocenters. The molecule has 2 atom stereocenters. The Morgan fingerprint density at radius 1 is 1.10 bits per heavy atom. The molecule has 0 radical (unpaired) electrons. The lowest BCUT2D eigenvalue weighted by molar-refractivity contribution is -0.135. The second-order valence-corrected chi connectivity index (χ2v) is 7.42. The largest absolute Gasteiger partial charge is 0.341 e. The van der Waals surface area contributed by atoms with Crippen molar-refractivity contribution in [3.05, 3.63) is 0 Å². The predicted molar refractivity (Wildman–Crippen MR) is 85.2 cm³/mol. The van der Waals surface area contributed by atoms with E-state index in [1.807, 2.05) is 0 Å². The fourth-order valence-electron chi connectivity index (χ4n) is 4.14. The second kappa shape index (κ2) is 7.10. The molecule has 0 aromatic rings. The lowest BCUT2D eigenvalue weighted by Gasteiger charge is -2.38. The minimum atomic E-state index is 0.111. The Labute approximate surface area is 129 Å². The van der Waals surface area contributed by atoms with Gasteiger partial charge in [-0.3, -0.25) is 4.79 Å². The molecule has 0 saturated carbocycles. The average molecular weight is 293 g/mol. The third-order valence-corrected chi connectivity index (χ3v) is 5.58. The number of nitrogens with one attached hydrogen (secondary N) is 1. The first-order chi connectivity index (χ1) is 10.2. The normalized spacial score (nSPS) is 32.5. The summed E-state index contributed by atoms with van der Waals surface area (Å²) in [5.74, 6) is 1.96. The van der Waals surface area contributed by atoms with Crippen LogP contribution in [0.1, 0.15) is 45.4 Å². The van der Waals surface area contributed by atoms with Crippen molar-refractivity contribution in [1.29, 1.82) is 0 Å². The lowest BCUT2D eigenvalue weighted by Crippen LogP contribution is -2.50. The maximum absolute atomic E-state index is 12.5. The highest BCUT2D eigenvalue weighted by atomic mass is 16.2. The summed E-state index contributed by atoms with van der Waals surface area (Å²) in [6.07, 6.45) is 7.37. The van der Waals surface area contributed by atoms with E-state index >= 15 is 0 Å². The van der Waals surface area contributed by atoms with Crippen LogP contribution in [0.25, 0.3) is 0 Å². The van der Waals surface area contributed by atoms with E-state index in [0.29, 0.717) is 11.8 Å². The van der Waals surface area contributed by atoms with Gasteiger partial charge >= 0.3 is 0 Å². The number of likely N-dealkylation sites (tertiary alicyclic amines) is 2. The monoisotopic (exact) mass is 293 g/mol. The third kappa shape index (κ3) is 3.98. The molecule has 0 aliphatic carbocycles. The summed E-state index contributed by atoms with van der Waals surface area (Å²) in [5.41, 5.74) is 0. The summed E-state index contributed by atoms with van der Waals surface area (Å²) < 4.78 is 0. The van der Waals surface area contributed by atoms with E-state index in [9.17, 15) is 4.79 Å². The van der Waals surface area contributed by atoms with Gasteiger partial charge in [0.05, 0.1) is 6.04 Å². The molecular weight excluding hydrogens is 262 g/mol. The zero-order valence-corrected chi connectivity index (χ0v) is 13.5. The minimum absolute atomic E-state index is 0.111. The van der Waals surface area contributed by atoms with Crippen molar-refractivity contribution in [2.24, 2.45) is 11.8 Å². The summed E-state index contributed by atoms with van der Waals surface area (Å²) in [4.78, 5) is 17.3. The van der Waals surface area contributed by atoms with Gasteiger partial charge in [0.1, 0.15) is 0 Å². The Kier molecular flexibility index (Phi) is 5.17. The number of nitrogens with zero attached hydrogens (tertiary/aromatic N) is 2. The van der Waals surface area contributed by atoms with Gasteiger partial charge in [0.2, 0.25) is 5.91 Å². The molecule has 120 valence electrons. The maximum Gasteiger partial charge on any atom is 0.239 e. The van der Waals surface area contributed by atoms with Gasteiger partial charge in [-0.15, -0.1) is 0 Å². The van der Waals surface area contributed by atoms with E-state index < -0.39 is 0 Å². The molecule has 3 aliphatic rings. The molecule has 3 rings (SSSR count). The molecular formula is C17H31N3O. The van der Waals surface area contributed by atoms with Crippen LogP contribution in [-0.2, 0) is 4.79 Å². The summed E-state index contributed by atoms with van der Waals surface area (Å²) in [7, 11) is 0. The molecule has 1 N–H and O–H groups in total. The smallest absolute Gasteiger partial charge is 0.239 e. The van der Waals surface area contributed by atoms with E-state index in [-0.39, 0.29) is 6.04 Å². The van der Waals surface area contributed by atoms with Crippen LogP contribution in [0.4, 0.5) is 0 Å². The van der Waals surface area contributed by atoms with Crippen molar-refractivity contribution in [2.45, 2.75) is 51.5 Å². The molecule has 0 bridgehead atoms. The van der Waals surface area contributed by atoms with Gasteiger partial charge < -0.3 is 15.1 Å². The first kappa shape index (κ1) is 15.3. The van der Waals surface area contributed by atoms with E-state index in [4.69, 9.17) is 0 Å². The fraction of sp³-hybridized carbons (Fsp3) is 0.941. The number of hydrogen-bond donors (Lipinski definition) is 1. The standard InChI is InChI=1S/C17H31N3O/c1-14-6-10-19(11-7-14)12-15-4-3-9-20(13-15)17(21)16-5-2-8-18-16/h14-16,18H,2-13H2,1H3. The van der Waals surface area contributed by atoms with Crippen molar-refractivity contribution in [3.8, 4) is 0 Å². The number of carbonyl (C=O) groups excluding carboxylic acids is 1. The van der Waals surface area contributed by atoms with Crippen molar-refractivity contribution in [3.63, 3.8) is 0 Å². The van der Waals surface area contributed by atoms with E-state index in [2.05, 4.69) is 22.0 Å². The number of amides is 1. The zero-order valence-electron chi connectivity index (χ0n) is 13.5. The van der Waals surface area contributed by atoms with Crippen LogP contribution < -0.4 is 5.32 Å². The van der Waals surface area contributed by atoms with Gasteiger partial charge in [0.25, 0.3) is 0 Å². The van der Waals surface area contributed by atoms with Crippen LogP contribution in [0.15, 0.2) is 0 Å². The maximum atomic E-state index is 12.5. The Morgan fingerprint density at radius 3 is 2.62 bits per heavy atom. The number of carbonyl (C=O) groups is 1. The highest BCUT2D eigenvalue weighted by Gasteiger charge is 2.31. The fourth-order valence-corrected chi connectivity index (χ4v) is 4.14. The highest BCUT2D eigenvalue weighted by molar-refractivity contribution is 5.82. The molecule has 3 aliphatic heterocycles. The summed E-state index contributed by atoms with van der Waals surface area (Å²) in [6, 6.07) is 0.111. The third-order valence-electron chi connectivity index (χ3n) is 5.58. The zero-order chi connectivity index (χ0) is 14.7. The quantitative estimate of drug-likeness (QED) is 0.860. The summed E-state index contributed by atoms with van der Waals surface area (Å²) >= 11 is 0. The predicted octanol–water partition coefficient (Wildman–Crippen LogP) is 1.71. The molecule has 4 heteroatoms. The Hall–Kier alpha value is -0.610. The van der Waals surface area contributed by atoms with Crippen LogP contribution >= 0.6 is 0 Å². The molecule has 3 fully saturated rings. The van der Waals surface area contributed by atoms with Crippen LogP contribution in [0.3, 0.4) is 0 Å². The molecule has 1 amide bonds. The van der Waals surface area contributed by atoms with Gasteiger partial charge in [0, 0.05) is 19.6 Å². The average Bonchev–Trinajstić information content (AvgIpc) is 3.03. The Morgan fingerprint density at radius 2 is 1.90 bits per heavy atom. The van der Waals surface area contributed by atoms with Crippen LogP contribution in [0.2, 0.25) is 0 Å². The Bertz CT molecular complexity index is 346. The topological polar surface area (TPSA) is 35.6 Å². The minimum Gasteiger partial charge on any atom is -0.341 e. The molecule has 0 aromatic heterocycles. The second-order valence-electron chi connectivity index (χ2n) is 7.42. The van der Waals surface area contributed by atoms with E-state index in [1.54, 1.807) is 0 Å². The first-order valence-electron chi connectivity index (χ1n) is 8.97. The number of piperidine rings is 2. The molecule has 0 aromatic carbocycles. The van der Waals surface area contributed by atoms with Crippen molar-refractivity contribution < 1.29 is 4.79 Å². The van der Waals surface area contributed by atoms with Crippen molar-refractivity contribution in [2.75, 3.05) is 39.3 Å². The summed E-state index contributed by atoms with van der Waals surface area (Å²) in [6.45, 7) is 9.07. The number of hydrogen-bond acceptors (Lipinski definition) is 3. The lowest BCUT2D eigenvalue weighted by atomic mass is 9.94.